The van der Waals surface area contributed by atoms with E-state index in [0.29, 0.717) is 0 Å². The molecule has 0 saturated heterocycles. The number of rotatable bonds is 5. The molecule has 1 unspecified atom stereocenters. The quantitative estimate of drug-likeness (QED) is 0.897. The van der Waals surface area contributed by atoms with Gasteiger partial charge < -0.3 is 5.32 Å². The number of nitrogens with zero attached hydrogens (tertiary/aromatic N) is 3. The largest absolute Gasteiger partial charge is 0.361 e. The van der Waals surface area contributed by atoms with E-state index in [1.54, 1.807) is 17.7 Å². The fraction of sp³-hybridized carbons (Fsp3) is 0.462. The molecule has 0 aliphatic rings. The highest BCUT2D eigenvalue weighted by Gasteiger charge is 2.10. The predicted molar refractivity (Wildman–Crippen MR) is 74.9 cm³/mol. The predicted octanol–water partition coefficient (Wildman–Crippen LogP) is 3.37. The molecule has 0 bridgehead atoms. The number of aryl methyl sites for hydroxylation is 2. The molecule has 2 aromatic rings. The maximum atomic E-state index is 4.38. The topological polar surface area (TPSA) is 50.7 Å². The Bertz CT molecular complexity index is 509. The first kappa shape index (κ1) is 13.0. The average Bonchev–Trinajstić information content (AvgIpc) is 2.77. The Balaban J connectivity index is 2.06. The zero-order valence-electron chi connectivity index (χ0n) is 11.0. The van der Waals surface area contributed by atoms with Gasteiger partial charge in [-0.3, -0.25) is 0 Å². The van der Waals surface area contributed by atoms with Crippen LogP contribution in [-0.2, 0) is 6.42 Å². The lowest BCUT2D eigenvalue weighted by Gasteiger charge is -2.12. The van der Waals surface area contributed by atoms with Crippen LogP contribution in [0.5, 0.6) is 0 Å². The van der Waals surface area contributed by atoms with E-state index in [-0.39, 0.29) is 6.04 Å². The standard InChI is InChI=1S/C13H18N4S/c1-4-5-11-6-12(16-8-15-11)17-10(3)13-14-7-9(2)18-13/h6-8,10H,4-5H2,1-3H3,(H,15,16,17). The van der Waals surface area contributed by atoms with Gasteiger partial charge in [-0.15, -0.1) is 11.3 Å². The van der Waals surface area contributed by atoms with E-state index in [9.17, 15) is 0 Å². The second kappa shape index (κ2) is 5.91. The number of anilines is 1. The van der Waals surface area contributed by atoms with Crippen molar-refractivity contribution in [2.75, 3.05) is 5.32 Å². The summed E-state index contributed by atoms with van der Waals surface area (Å²) in [7, 11) is 0. The number of nitrogens with one attached hydrogen (secondary N) is 1. The van der Waals surface area contributed by atoms with Crippen LogP contribution in [0.25, 0.3) is 0 Å². The molecule has 0 radical (unpaired) electrons. The average molecular weight is 262 g/mol. The first-order chi connectivity index (χ1) is 8.69. The third kappa shape index (κ3) is 3.26. The van der Waals surface area contributed by atoms with E-state index in [1.165, 1.54) is 4.88 Å². The van der Waals surface area contributed by atoms with Gasteiger partial charge in [-0.05, 0) is 20.3 Å². The molecule has 0 amide bonds. The molecule has 96 valence electrons. The molecule has 1 N–H and O–H groups in total. The van der Waals surface area contributed by atoms with Crippen LogP contribution in [0.15, 0.2) is 18.6 Å². The zero-order chi connectivity index (χ0) is 13.0. The Kier molecular flexibility index (Phi) is 4.25. The third-order valence-corrected chi connectivity index (χ3v) is 3.70. The van der Waals surface area contributed by atoms with Crippen molar-refractivity contribution in [3.8, 4) is 0 Å². The van der Waals surface area contributed by atoms with Crippen LogP contribution in [0.4, 0.5) is 5.82 Å². The second-order valence-electron chi connectivity index (χ2n) is 4.32. The van der Waals surface area contributed by atoms with E-state index in [1.807, 2.05) is 12.3 Å². The Morgan fingerprint density at radius 2 is 2.17 bits per heavy atom. The van der Waals surface area contributed by atoms with E-state index in [2.05, 4.69) is 41.0 Å². The summed E-state index contributed by atoms with van der Waals surface area (Å²) in [4.78, 5) is 14.1. The Morgan fingerprint density at radius 3 is 2.83 bits per heavy atom. The van der Waals surface area contributed by atoms with Crippen LogP contribution in [0.1, 0.15) is 41.9 Å². The number of thiazole rings is 1. The van der Waals surface area contributed by atoms with Gasteiger partial charge >= 0.3 is 0 Å². The van der Waals surface area contributed by atoms with Gasteiger partial charge in [0.15, 0.2) is 0 Å². The lowest BCUT2D eigenvalue weighted by Crippen LogP contribution is -2.08. The Labute approximate surface area is 112 Å². The maximum absolute atomic E-state index is 4.38. The van der Waals surface area contributed by atoms with Gasteiger partial charge in [0, 0.05) is 22.8 Å². The van der Waals surface area contributed by atoms with Crippen LogP contribution >= 0.6 is 11.3 Å². The van der Waals surface area contributed by atoms with Crippen molar-refractivity contribution < 1.29 is 0 Å². The van der Waals surface area contributed by atoms with Crippen molar-refractivity contribution in [3.63, 3.8) is 0 Å². The molecule has 0 saturated carbocycles. The molecular weight excluding hydrogens is 244 g/mol. The van der Waals surface area contributed by atoms with Crippen LogP contribution in [0.3, 0.4) is 0 Å². The van der Waals surface area contributed by atoms with Crippen molar-refractivity contribution in [1.29, 1.82) is 0 Å². The summed E-state index contributed by atoms with van der Waals surface area (Å²) >= 11 is 1.71. The first-order valence-electron chi connectivity index (χ1n) is 6.19. The van der Waals surface area contributed by atoms with Gasteiger partial charge in [0.25, 0.3) is 0 Å². The molecule has 5 heteroatoms. The summed E-state index contributed by atoms with van der Waals surface area (Å²) < 4.78 is 0. The molecule has 0 spiro atoms. The van der Waals surface area contributed by atoms with Gasteiger partial charge in [-0.1, -0.05) is 13.3 Å². The van der Waals surface area contributed by atoms with E-state index >= 15 is 0 Å². The third-order valence-electron chi connectivity index (χ3n) is 2.60. The van der Waals surface area contributed by atoms with E-state index in [4.69, 9.17) is 0 Å². The highest BCUT2D eigenvalue weighted by atomic mass is 32.1. The van der Waals surface area contributed by atoms with Crippen LogP contribution in [-0.4, -0.2) is 15.0 Å². The van der Waals surface area contributed by atoms with Crippen molar-refractivity contribution in [3.05, 3.63) is 34.2 Å². The minimum absolute atomic E-state index is 0.174. The highest BCUT2D eigenvalue weighted by Crippen LogP contribution is 2.22. The molecule has 2 aromatic heterocycles. The monoisotopic (exact) mass is 262 g/mol. The molecule has 0 fully saturated rings. The smallest absolute Gasteiger partial charge is 0.130 e. The number of hydrogen-bond acceptors (Lipinski definition) is 5. The maximum Gasteiger partial charge on any atom is 0.130 e. The number of aromatic nitrogens is 3. The van der Waals surface area contributed by atoms with Crippen molar-refractivity contribution in [2.24, 2.45) is 0 Å². The SMILES string of the molecule is CCCc1cc(NC(C)c2ncc(C)s2)ncn1. The lowest BCUT2D eigenvalue weighted by molar-refractivity contribution is 0.842. The fourth-order valence-corrected chi connectivity index (χ4v) is 2.50. The second-order valence-corrected chi connectivity index (χ2v) is 5.59. The molecule has 2 rings (SSSR count). The lowest BCUT2D eigenvalue weighted by atomic mass is 10.2. The summed E-state index contributed by atoms with van der Waals surface area (Å²) in [5.41, 5.74) is 1.08. The van der Waals surface area contributed by atoms with Crippen LogP contribution < -0.4 is 5.32 Å². The molecule has 4 nitrogen and oxygen atoms in total. The molecule has 0 aliphatic carbocycles. The van der Waals surface area contributed by atoms with Crippen molar-refractivity contribution in [1.82, 2.24) is 15.0 Å². The molecule has 1 atom stereocenters. The summed E-state index contributed by atoms with van der Waals surface area (Å²) in [6.45, 7) is 6.31. The zero-order valence-corrected chi connectivity index (χ0v) is 11.8. The molecule has 2 heterocycles. The summed E-state index contributed by atoms with van der Waals surface area (Å²) in [6.07, 6.45) is 5.60. The van der Waals surface area contributed by atoms with Crippen LogP contribution in [0, 0.1) is 6.92 Å². The minimum Gasteiger partial charge on any atom is -0.361 e. The van der Waals surface area contributed by atoms with Crippen molar-refractivity contribution in [2.45, 2.75) is 39.7 Å². The van der Waals surface area contributed by atoms with Gasteiger partial charge in [0.1, 0.15) is 17.2 Å². The van der Waals surface area contributed by atoms with E-state index in [0.717, 1.165) is 29.4 Å². The molecular formula is C13H18N4S. The summed E-state index contributed by atoms with van der Waals surface area (Å²) in [5.74, 6) is 0.869. The normalized spacial score (nSPS) is 12.4. The Morgan fingerprint density at radius 1 is 1.33 bits per heavy atom. The highest BCUT2D eigenvalue weighted by molar-refractivity contribution is 7.11. The molecule has 18 heavy (non-hydrogen) atoms. The first-order valence-corrected chi connectivity index (χ1v) is 7.00. The number of hydrogen-bond donors (Lipinski definition) is 1. The Hall–Kier alpha value is -1.49. The van der Waals surface area contributed by atoms with E-state index < -0.39 is 0 Å². The summed E-state index contributed by atoms with van der Waals surface area (Å²) in [6, 6.07) is 2.19. The molecule has 0 aliphatic heterocycles. The minimum atomic E-state index is 0.174. The molecule has 0 aromatic carbocycles. The van der Waals surface area contributed by atoms with Crippen molar-refractivity contribution >= 4 is 17.2 Å². The summed E-state index contributed by atoms with van der Waals surface area (Å²) in [5, 5.41) is 4.45. The van der Waals surface area contributed by atoms with Gasteiger partial charge in [0.2, 0.25) is 0 Å². The fourth-order valence-electron chi connectivity index (χ4n) is 1.73. The van der Waals surface area contributed by atoms with Gasteiger partial charge in [-0.25, -0.2) is 15.0 Å². The van der Waals surface area contributed by atoms with Crippen LogP contribution in [0.2, 0.25) is 0 Å². The van der Waals surface area contributed by atoms with Gasteiger partial charge in [0.05, 0.1) is 6.04 Å². The van der Waals surface area contributed by atoms with Gasteiger partial charge in [-0.2, -0.15) is 0 Å².